The van der Waals surface area contributed by atoms with Crippen LogP contribution in [0.15, 0.2) is 48.8 Å². The number of carbonyl (C=O) groups excluding carboxylic acids is 1. The number of nitrogens with zero attached hydrogens (tertiary/aromatic N) is 4. The molecule has 2 aromatic rings. The largest absolute Gasteiger partial charge is 0.339 e. The summed E-state index contributed by atoms with van der Waals surface area (Å²) in [5.41, 5.74) is 1.000. The van der Waals surface area contributed by atoms with Gasteiger partial charge in [-0.15, -0.1) is 0 Å². The lowest BCUT2D eigenvalue weighted by molar-refractivity contribution is -0.133. The van der Waals surface area contributed by atoms with Crippen LogP contribution in [0.25, 0.3) is 0 Å². The van der Waals surface area contributed by atoms with Gasteiger partial charge in [0.15, 0.2) is 6.04 Å². The maximum absolute atomic E-state index is 13.5. The van der Waals surface area contributed by atoms with Gasteiger partial charge in [0.05, 0.1) is 0 Å². The van der Waals surface area contributed by atoms with Gasteiger partial charge in [0.1, 0.15) is 0 Å². The minimum atomic E-state index is -0.374. The second-order valence-electron chi connectivity index (χ2n) is 8.28. The zero-order valence-electron chi connectivity index (χ0n) is 16.7. The highest BCUT2D eigenvalue weighted by molar-refractivity contribution is 5.83. The smallest absolute Gasteiger partial charge is 0.252 e. The second-order valence-corrected chi connectivity index (χ2v) is 8.28. The quantitative estimate of drug-likeness (QED) is 0.796. The van der Waals surface area contributed by atoms with Crippen LogP contribution >= 0.6 is 0 Å². The van der Waals surface area contributed by atoms with E-state index in [2.05, 4.69) is 14.9 Å². The Bertz CT molecular complexity index is 724. The molecule has 4 rings (SSSR count). The number of benzene rings is 1. The Labute approximate surface area is 168 Å². The fraction of sp³-hybridized carbons (Fsp3) is 0.565. The third-order valence-electron chi connectivity index (χ3n) is 6.28. The Kier molecular flexibility index (Phi) is 6.42. The van der Waals surface area contributed by atoms with Crippen molar-refractivity contribution in [2.75, 3.05) is 32.7 Å². The van der Waals surface area contributed by atoms with Crippen molar-refractivity contribution in [1.82, 2.24) is 19.6 Å². The minimum Gasteiger partial charge on any atom is -0.339 e. The molecule has 5 heteroatoms. The Morgan fingerprint density at radius 1 is 0.964 bits per heavy atom. The van der Waals surface area contributed by atoms with Crippen LogP contribution in [0.2, 0.25) is 0 Å². The molecule has 2 fully saturated rings. The summed E-state index contributed by atoms with van der Waals surface area (Å²) in [4.78, 5) is 18.1. The van der Waals surface area contributed by atoms with Crippen molar-refractivity contribution < 1.29 is 4.79 Å². The van der Waals surface area contributed by atoms with Crippen molar-refractivity contribution >= 4 is 5.91 Å². The van der Waals surface area contributed by atoms with Crippen molar-refractivity contribution in [3.05, 3.63) is 54.4 Å². The lowest BCUT2D eigenvalue weighted by Crippen LogP contribution is -2.41. The van der Waals surface area contributed by atoms with Gasteiger partial charge in [-0.05, 0) is 43.4 Å². The molecule has 28 heavy (non-hydrogen) atoms. The molecule has 1 saturated heterocycles. The molecule has 1 aliphatic heterocycles. The molecule has 0 spiro atoms. The highest BCUT2D eigenvalue weighted by Gasteiger charge is 2.29. The van der Waals surface area contributed by atoms with Crippen LogP contribution < -0.4 is 0 Å². The highest BCUT2D eigenvalue weighted by Crippen LogP contribution is 2.25. The molecule has 1 saturated carbocycles. The van der Waals surface area contributed by atoms with Gasteiger partial charge >= 0.3 is 0 Å². The van der Waals surface area contributed by atoms with Crippen LogP contribution in [0, 0.1) is 5.92 Å². The van der Waals surface area contributed by atoms with Crippen LogP contribution in [0.5, 0.6) is 0 Å². The zero-order valence-corrected chi connectivity index (χ0v) is 16.7. The van der Waals surface area contributed by atoms with Crippen molar-refractivity contribution in [3.63, 3.8) is 0 Å². The maximum atomic E-state index is 13.5. The van der Waals surface area contributed by atoms with Crippen LogP contribution in [-0.4, -0.2) is 58.2 Å². The molecule has 1 atom stereocenters. The first-order valence-electron chi connectivity index (χ1n) is 10.9. The molecule has 0 radical (unpaired) electrons. The van der Waals surface area contributed by atoms with E-state index >= 15 is 0 Å². The molecule has 1 amide bonds. The molecular weight excluding hydrogens is 348 g/mol. The fourth-order valence-corrected chi connectivity index (χ4v) is 4.76. The molecule has 1 aromatic carbocycles. The van der Waals surface area contributed by atoms with Crippen LogP contribution in [-0.2, 0) is 4.79 Å². The first-order chi connectivity index (χ1) is 13.8. The normalized spacial score (nSPS) is 20.6. The maximum Gasteiger partial charge on any atom is 0.252 e. The van der Waals surface area contributed by atoms with Crippen molar-refractivity contribution in [2.24, 2.45) is 5.92 Å². The summed E-state index contributed by atoms with van der Waals surface area (Å²) in [5, 5.41) is 4.38. The molecule has 0 bridgehead atoms. The number of aromatic nitrogens is 2. The summed E-state index contributed by atoms with van der Waals surface area (Å²) in [7, 11) is 0. The van der Waals surface area contributed by atoms with E-state index in [4.69, 9.17) is 0 Å². The number of amides is 1. The van der Waals surface area contributed by atoms with Gasteiger partial charge in [-0.25, -0.2) is 0 Å². The van der Waals surface area contributed by atoms with E-state index in [1.165, 1.54) is 38.6 Å². The summed E-state index contributed by atoms with van der Waals surface area (Å²) in [6, 6.07) is 11.5. The van der Waals surface area contributed by atoms with Crippen molar-refractivity contribution in [2.45, 2.75) is 44.6 Å². The SMILES string of the molecule is O=C(C(c1ccccc1)n1cccn1)N1CCCN(CC2CCCCC2)CC1. The van der Waals surface area contributed by atoms with Crippen molar-refractivity contribution in [3.8, 4) is 0 Å². The molecule has 1 unspecified atom stereocenters. The molecule has 2 aliphatic rings. The van der Waals surface area contributed by atoms with E-state index in [0.29, 0.717) is 0 Å². The van der Waals surface area contributed by atoms with E-state index in [1.807, 2.05) is 42.6 Å². The molecule has 0 N–H and O–H groups in total. The van der Waals surface area contributed by atoms with Crippen LogP contribution in [0.1, 0.15) is 50.1 Å². The average Bonchev–Trinajstić information content (AvgIpc) is 3.16. The van der Waals surface area contributed by atoms with E-state index in [0.717, 1.165) is 44.1 Å². The van der Waals surface area contributed by atoms with Gasteiger partial charge < -0.3 is 9.80 Å². The Balaban J connectivity index is 1.43. The molecule has 1 aromatic heterocycles. The standard InChI is InChI=1S/C23H32N4O/c28-23(22(27-16-7-13-24-27)21-11-5-2-6-12-21)26-15-8-14-25(17-18-26)19-20-9-3-1-4-10-20/h2,5-7,11-13,16,20,22H,1,3-4,8-10,14-15,17-19H2. The van der Waals surface area contributed by atoms with Crippen LogP contribution in [0.4, 0.5) is 0 Å². The minimum absolute atomic E-state index is 0.161. The number of carbonyl (C=O) groups is 1. The van der Waals surface area contributed by atoms with Crippen LogP contribution in [0.3, 0.4) is 0 Å². The van der Waals surface area contributed by atoms with Gasteiger partial charge in [0.25, 0.3) is 5.91 Å². The first-order valence-corrected chi connectivity index (χ1v) is 10.9. The number of hydrogen-bond acceptors (Lipinski definition) is 3. The molecule has 2 heterocycles. The summed E-state index contributed by atoms with van der Waals surface area (Å²) < 4.78 is 1.79. The van der Waals surface area contributed by atoms with E-state index in [1.54, 1.807) is 10.9 Å². The molecule has 5 nitrogen and oxygen atoms in total. The predicted octanol–water partition coefficient (Wildman–Crippen LogP) is 3.59. The molecular formula is C23H32N4O. The van der Waals surface area contributed by atoms with E-state index in [-0.39, 0.29) is 11.9 Å². The third-order valence-corrected chi connectivity index (χ3v) is 6.28. The second kappa shape index (κ2) is 9.37. The topological polar surface area (TPSA) is 41.4 Å². The lowest BCUT2D eigenvalue weighted by Gasteiger charge is -2.29. The predicted molar refractivity (Wildman–Crippen MR) is 111 cm³/mol. The first kappa shape index (κ1) is 19.2. The monoisotopic (exact) mass is 380 g/mol. The van der Waals surface area contributed by atoms with Gasteiger partial charge in [-0.3, -0.25) is 9.48 Å². The third kappa shape index (κ3) is 4.64. The van der Waals surface area contributed by atoms with Crippen molar-refractivity contribution in [1.29, 1.82) is 0 Å². The van der Waals surface area contributed by atoms with Gasteiger partial charge in [0, 0.05) is 38.6 Å². The highest BCUT2D eigenvalue weighted by atomic mass is 16.2. The van der Waals surface area contributed by atoms with Gasteiger partial charge in [0.2, 0.25) is 0 Å². The Morgan fingerprint density at radius 3 is 2.54 bits per heavy atom. The lowest BCUT2D eigenvalue weighted by atomic mass is 9.89. The summed E-state index contributed by atoms with van der Waals surface area (Å²) in [5.74, 6) is 1.02. The average molecular weight is 381 g/mol. The zero-order chi connectivity index (χ0) is 19.2. The van der Waals surface area contributed by atoms with Gasteiger partial charge in [-0.2, -0.15) is 5.10 Å². The Hall–Kier alpha value is -2.14. The summed E-state index contributed by atoms with van der Waals surface area (Å²) >= 11 is 0. The number of hydrogen-bond donors (Lipinski definition) is 0. The number of rotatable bonds is 5. The van der Waals surface area contributed by atoms with Gasteiger partial charge in [-0.1, -0.05) is 49.6 Å². The molecule has 150 valence electrons. The summed E-state index contributed by atoms with van der Waals surface area (Å²) in [6.07, 6.45) is 11.7. The van der Waals surface area contributed by atoms with E-state index in [9.17, 15) is 4.79 Å². The Morgan fingerprint density at radius 2 is 1.79 bits per heavy atom. The fourth-order valence-electron chi connectivity index (χ4n) is 4.76. The summed E-state index contributed by atoms with van der Waals surface area (Å²) in [6.45, 7) is 4.96. The van der Waals surface area contributed by atoms with E-state index < -0.39 is 0 Å². The molecule has 1 aliphatic carbocycles.